The molecule has 1 rings (SSSR count). The minimum Gasteiger partial charge on any atom is -0.280 e. The van der Waals surface area contributed by atoms with E-state index in [2.05, 4.69) is 11.3 Å². The van der Waals surface area contributed by atoms with Gasteiger partial charge in [0, 0.05) is 5.70 Å². The van der Waals surface area contributed by atoms with E-state index < -0.39 is 15.8 Å². The quantitative estimate of drug-likeness (QED) is 0.814. The van der Waals surface area contributed by atoms with Gasteiger partial charge in [0.1, 0.15) is 5.82 Å². The molecular weight excluding hydrogens is 289 g/mol. The molecule has 0 spiro atoms. The smallest absolute Gasteiger partial charge is 0.255 e. The molecule has 21 heavy (non-hydrogen) atoms. The lowest BCUT2D eigenvalue weighted by atomic mass is 10.2. The molecule has 0 heterocycles. The average molecular weight is 307 g/mol. The fraction of sp³-hybridized carbons (Fsp3) is 0.125. The normalized spacial score (nSPS) is 13.5. The van der Waals surface area contributed by atoms with Gasteiger partial charge in [-0.15, -0.1) is 0 Å². The minimum absolute atomic E-state index is 0.416. The summed E-state index contributed by atoms with van der Waals surface area (Å²) in [7, 11) is -3.66. The van der Waals surface area contributed by atoms with Gasteiger partial charge < -0.3 is 0 Å². The van der Waals surface area contributed by atoms with Gasteiger partial charge in [-0.25, -0.2) is 12.8 Å². The van der Waals surface area contributed by atoms with E-state index in [-0.39, 0.29) is 0 Å². The first-order valence-corrected chi connectivity index (χ1v) is 7.84. The fourth-order valence-corrected chi connectivity index (χ4v) is 2.36. The molecule has 0 aliphatic heterocycles. The molecule has 1 N–H and O–H groups in total. The third kappa shape index (κ3) is 6.23. The van der Waals surface area contributed by atoms with Crippen molar-refractivity contribution < 1.29 is 12.8 Å². The molecule has 0 amide bonds. The van der Waals surface area contributed by atoms with Crippen LogP contribution in [0.25, 0.3) is 6.08 Å². The highest BCUT2D eigenvalue weighted by Crippen LogP contribution is 2.08. The van der Waals surface area contributed by atoms with Crippen LogP contribution in [0.5, 0.6) is 0 Å². The van der Waals surface area contributed by atoms with Crippen LogP contribution in [-0.2, 0) is 10.0 Å². The zero-order chi connectivity index (χ0) is 15.9. The van der Waals surface area contributed by atoms with Crippen molar-refractivity contribution in [2.75, 3.05) is 0 Å². The van der Waals surface area contributed by atoms with Gasteiger partial charge in [-0.3, -0.25) is 4.72 Å². The molecule has 0 fully saturated rings. The van der Waals surface area contributed by atoms with Crippen LogP contribution < -0.4 is 4.72 Å². The summed E-state index contributed by atoms with van der Waals surface area (Å²) < 4.78 is 39.3. The first kappa shape index (κ1) is 16.9. The average Bonchev–Trinajstić information content (AvgIpc) is 2.44. The Morgan fingerprint density at radius 2 is 2.10 bits per heavy atom. The predicted molar refractivity (Wildman–Crippen MR) is 85.2 cm³/mol. The van der Waals surface area contributed by atoms with E-state index in [0.717, 1.165) is 11.0 Å². The Labute approximate surface area is 125 Å². The lowest BCUT2D eigenvalue weighted by Gasteiger charge is -2.05. The number of hydrogen-bond acceptors (Lipinski definition) is 2. The van der Waals surface area contributed by atoms with E-state index >= 15 is 0 Å². The van der Waals surface area contributed by atoms with Crippen LogP contribution in [0.2, 0.25) is 0 Å². The Kier molecular flexibility index (Phi) is 6.11. The molecular formula is C16H18FNO2S. The SMILES string of the molecule is C=C/C(C)=C\C(=C/C)NS(=O)(=O)/C=C\c1cccc(F)c1. The molecule has 0 saturated carbocycles. The summed E-state index contributed by atoms with van der Waals surface area (Å²) in [4.78, 5) is 0. The number of sulfonamides is 1. The molecule has 0 unspecified atom stereocenters. The predicted octanol–water partition coefficient (Wildman–Crippen LogP) is 3.75. The lowest BCUT2D eigenvalue weighted by Crippen LogP contribution is -2.19. The molecule has 1 aromatic rings. The Balaban J connectivity index is 2.89. The molecule has 0 atom stereocenters. The molecule has 3 nitrogen and oxygen atoms in total. The summed E-state index contributed by atoms with van der Waals surface area (Å²) in [6.07, 6.45) is 6.27. The molecule has 112 valence electrons. The maximum Gasteiger partial charge on any atom is 0.255 e. The second-order valence-electron chi connectivity index (χ2n) is 4.34. The maximum atomic E-state index is 13.0. The van der Waals surface area contributed by atoms with Gasteiger partial charge >= 0.3 is 0 Å². The van der Waals surface area contributed by atoms with E-state index in [1.54, 1.807) is 31.2 Å². The minimum atomic E-state index is -3.66. The summed E-state index contributed by atoms with van der Waals surface area (Å²) in [6, 6.07) is 5.69. The highest BCUT2D eigenvalue weighted by Gasteiger charge is 2.06. The summed E-state index contributed by atoms with van der Waals surface area (Å²) >= 11 is 0. The van der Waals surface area contributed by atoms with Gasteiger partial charge in [0.2, 0.25) is 0 Å². The van der Waals surface area contributed by atoms with Crippen molar-refractivity contribution in [3.8, 4) is 0 Å². The van der Waals surface area contributed by atoms with Crippen LogP contribution in [-0.4, -0.2) is 8.42 Å². The van der Waals surface area contributed by atoms with Crippen LogP contribution in [0.15, 0.2) is 65.8 Å². The van der Waals surface area contributed by atoms with Gasteiger partial charge in [0.25, 0.3) is 10.0 Å². The second kappa shape index (κ2) is 7.59. The van der Waals surface area contributed by atoms with Crippen molar-refractivity contribution >= 4 is 16.1 Å². The molecule has 0 saturated heterocycles. The van der Waals surface area contributed by atoms with Gasteiger partial charge in [-0.05, 0) is 49.3 Å². The summed E-state index contributed by atoms with van der Waals surface area (Å²) in [5.74, 6) is -0.416. The molecule has 1 aromatic carbocycles. The van der Waals surface area contributed by atoms with E-state index in [9.17, 15) is 12.8 Å². The molecule has 0 aliphatic rings. The molecule has 5 heteroatoms. The van der Waals surface area contributed by atoms with E-state index in [1.807, 2.05) is 6.92 Å². The number of halogens is 1. The first-order valence-electron chi connectivity index (χ1n) is 6.30. The number of nitrogens with one attached hydrogen (secondary N) is 1. The number of benzene rings is 1. The highest BCUT2D eigenvalue weighted by molar-refractivity contribution is 7.92. The van der Waals surface area contributed by atoms with Crippen LogP contribution >= 0.6 is 0 Å². The van der Waals surface area contributed by atoms with Crippen molar-refractivity contribution in [2.45, 2.75) is 13.8 Å². The van der Waals surface area contributed by atoms with Crippen LogP contribution in [0.3, 0.4) is 0 Å². The number of hydrogen-bond donors (Lipinski definition) is 1. The monoisotopic (exact) mass is 307 g/mol. The van der Waals surface area contributed by atoms with E-state index in [0.29, 0.717) is 11.3 Å². The fourth-order valence-electron chi connectivity index (χ4n) is 1.45. The summed E-state index contributed by atoms with van der Waals surface area (Å²) in [5.41, 5.74) is 1.75. The number of allylic oxidation sites excluding steroid dienone is 4. The van der Waals surface area contributed by atoms with Crippen LogP contribution in [0, 0.1) is 5.82 Å². The van der Waals surface area contributed by atoms with Crippen molar-refractivity contribution in [1.82, 2.24) is 4.72 Å². The first-order chi connectivity index (χ1) is 9.86. The van der Waals surface area contributed by atoms with Crippen molar-refractivity contribution in [1.29, 1.82) is 0 Å². The summed E-state index contributed by atoms with van der Waals surface area (Å²) in [5, 5.41) is 1.00. The third-order valence-electron chi connectivity index (χ3n) is 2.56. The Bertz CT molecular complexity index is 701. The van der Waals surface area contributed by atoms with Crippen molar-refractivity contribution in [3.63, 3.8) is 0 Å². The highest BCUT2D eigenvalue weighted by atomic mass is 32.2. The molecule has 0 bridgehead atoms. The Hall–Kier alpha value is -2.14. The van der Waals surface area contributed by atoms with E-state index in [1.165, 1.54) is 24.3 Å². The molecule has 0 aliphatic carbocycles. The van der Waals surface area contributed by atoms with Crippen molar-refractivity contribution in [3.05, 3.63) is 77.1 Å². The molecule has 0 aromatic heterocycles. The standard InChI is InChI=1S/C16H18FNO2S/c1-4-13(3)11-16(5-2)18-21(19,20)10-9-14-7-6-8-15(17)12-14/h4-12,18H,1H2,2-3H3/b10-9-,13-11-,16-5+. The summed E-state index contributed by atoms with van der Waals surface area (Å²) in [6.45, 7) is 7.14. The zero-order valence-electron chi connectivity index (χ0n) is 12.0. The van der Waals surface area contributed by atoms with Crippen LogP contribution in [0.4, 0.5) is 4.39 Å². The van der Waals surface area contributed by atoms with Gasteiger partial charge in [-0.2, -0.15) is 0 Å². The largest absolute Gasteiger partial charge is 0.280 e. The second-order valence-corrected chi connectivity index (χ2v) is 5.91. The van der Waals surface area contributed by atoms with Gasteiger partial charge in [-0.1, -0.05) is 30.9 Å². The maximum absolute atomic E-state index is 13.0. The zero-order valence-corrected chi connectivity index (χ0v) is 12.8. The Morgan fingerprint density at radius 1 is 1.38 bits per heavy atom. The van der Waals surface area contributed by atoms with Gasteiger partial charge in [0.15, 0.2) is 0 Å². The topological polar surface area (TPSA) is 46.2 Å². The van der Waals surface area contributed by atoms with Crippen LogP contribution in [0.1, 0.15) is 19.4 Å². The lowest BCUT2D eigenvalue weighted by molar-refractivity contribution is 0.598. The Morgan fingerprint density at radius 3 is 2.67 bits per heavy atom. The van der Waals surface area contributed by atoms with Gasteiger partial charge in [0.05, 0.1) is 5.41 Å². The van der Waals surface area contributed by atoms with Crippen molar-refractivity contribution in [2.24, 2.45) is 0 Å². The number of rotatable bonds is 6. The third-order valence-corrected chi connectivity index (χ3v) is 3.58. The molecule has 0 radical (unpaired) electrons. The van der Waals surface area contributed by atoms with E-state index in [4.69, 9.17) is 0 Å².